The van der Waals surface area contributed by atoms with Crippen molar-refractivity contribution in [2.45, 2.75) is 25.9 Å². The molecule has 1 fully saturated rings. The third kappa shape index (κ3) is 5.55. The first-order valence-corrected chi connectivity index (χ1v) is 11.8. The van der Waals surface area contributed by atoms with Crippen LogP contribution in [0.3, 0.4) is 0 Å². The van der Waals surface area contributed by atoms with E-state index in [4.69, 9.17) is 16.3 Å². The summed E-state index contributed by atoms with van der Waals surface area (Å²) in [6.45, 7) is 2.12. The summed E-state index contributed by atoms with van der Waals surface area (Å²) >= 11 is 5.98. The molecule has 9 heteroatoms. The summed E-state index contributed by atoms with van der Waals surface area (Å²) in [7, 11) is 0. The van der Waals surface area contributed by atoms with Gasteiger partial charge < -0.3 is 15.0 Å². The van der Waals surface area contributed by atoms with Crippen LogP contribution in [0.15, 0.2) is 78.9 Å². The largest absolute Gasteiger partial charge is 0.462 e. The monoisotopic (exact) mass is 505 g/mol. The molecule has 0 bridgehead atoms. The first-order valence-electron chi connectivity index (χ1n) is 11.4. The molecule has 8 nitrogen and oxygen atoms in total. The highest BCUT2D eigenvalue weighted by Gasteiger charge is 2.46. The van der Waals surface area contributed by atoms with Gasteiger partial charge in [0, 0.05) is 17.3 Å². The summed E-state index contributed by atoms with van der Waals surface area (Å²) in [4.78, 5) is 53.9. The molecule has 1 N–H and O–H groups in total. The molecule has 0 saturated carbocycles. The Labute approximate surface area is 213 Å². The zero-order chi connectivity index (χ0) is 25.7. The molecule has 0 spiro atoms. The fourth-order valence-corrected chi connectivity index (χ4v) is 4.03. The van der Waals surface area contributed by atoms with Crippen molar-refractivity contribution in [3.05, 3.63) is 95.0 Å². The molecule has 1 heterocycles. The molecule has 1 aliphatic rings. The van der Waals surface area contributed by atoms with E-state index in [9.17, 15) is 19.2 Å². The van der Waals surface area contributed by atoms with Gasteiger partial charge in [-0.25, -0.2) is 14.5 Å². The number of anilines is 2. The number of benzene rings is 3. The predicted molar refractivity (Wildman–Crippen MR) is 136 cm³/mol. The van der Waals surface area contributed by atoms with E-state index >= 15 is 0 Å². The van der Waals surface area contributed by atoms with Crippen LogP contribution in [0.1, 0.15) is 29.3 Å². The van der Waals surface area contributed by atoms with Crippen LogP contribution in [0.25, 0.3) is 0 Å². The molecule has 0 aliphatic carbocycles. The predicted octanol–water partition coefficient (Wildman–Crippen LogP) is 4.88. The van der Waals surface area contributed by atoms with Crippen molar-refractivity contribution in [3.8, 4) is 0 Å². The third-order valence-electron chi connectivity index (χ3n) is 5.66. The third-order valence-corrected chi connectivity index (χ3v) is 5.91. The van der Waals surface area contributed by atoms with Crippen molar-refractivity contribution in [2.75, 3.05) is 16.8 Å². The summed E-state index contributed by atoms with van der Waals surface area (Å²) in [6.07, 6.45) is -0.235. The molecule has 184 valence electrons. The van der Waals surface area contributed by atoms with Crippen LogP contribution < -0.4 is 10.2 Å². The Morgan fingerprint density at radius 3 is 2.25 bits per heavy atom. The van der Waals surface area contributed by atoms with E-state index in [-0.39, 0.29) is 19.6 Å². The summed E-state index contributed by atoms with van der Waals surface area (Å²) in [6, 6.07) is 20.3. The highest BCUT2D eigenvalue weighted by atomic mass is 35.5. The summed E-state index contributed by atoms with van der Waals surface area (Å²) in [5, 5.41) is 3.29. The standard InChI is InChI=1S/C27H24ClN3O5/c1-2-36-26(34)19-10-14-21(15-11-19)29-24(32)16-23-25(33)31(22-6-4-3-5-7-22)27(35)30(23)17-18-8-12-20(28)13-9-18/h3-15,23H,2,16-17H2,1H3,(H,29,32)/t23-/m0/s1. The Kier molecular flexibility index (Phi) is 7.65. The lowest BCUT2D eigenvalue weighted by Crippen LogP contribution is -2.37. The van der Waals surface area contributed by atoms with Gasteiger partial charge in [0.25, 0.3) is 5.91 Å². The summed E-state index contributed by atoms with van der Waals surface area (Å²) < 4.78 is 4.96. The van der Waals surface area contributed by atoms with Crippen LogP contribution in [0.4, 0.5) is 16.2 Å². The van der Waals surface area contributed by atoms with Gasteiger partial charge in [0.15, 0.2) is 0 Å². The van der Waals surface area contributed by atoms with Gasteiger partial charge in [-0.15, -0.1) is 0 Å². The van der Waals surface area contributed by atoms with E-state index < -0.39 is 29.9 Å². The molecule has 0 aromatic heterocycles. The number of imide groups is 1. The number of rotatable bonds is 8. The molecule has 1 saturated heterocycles. The topological polar surface area (TPSA) is 96.0 Å². The number of ether oxygens (including phenoxy) is 1. The van der Waals surface area contributed by atoms with Crippen molar-refractivity contribution in [3.63, 3.8) is 0 Å². The second kappa shape index (κ2) is 11.0. The summed E-state index contributed by atoms with van der Waals surface area (Å²) in [5.74, 6) is -1.38. The van der Waals surface area contributed by atoms with E-state index in [2.05, 4.69) is 5.32 Å². The number of amides is 4. The minimum atomic E-state index is -0.993. The van der Waals surface area contributed by atoms with Crippen molar-refractivity contribution < 1.29 is 23.9 Å². The number of halogens is 1. The van der Waals surface area contributed by atoms with Crippen molar-refractivity contribution in [1.29, 1.82) is 0 Å². The molecule has 36 heavy (non-hydrogen) atoms. The highest BCUT2D eigenvalue weighted by Crippen LogP contribution is 2.29. The van der Waals surface area contributed by atoms with Gasteiger partial charge in [-0.1, -0.05) is 41.9 Å². The highest BCUT2D eigenvalue weighted by molar-refractivity contribution is 6.30. The van der Waals surface area contributed by atoms with Gasteiger partial charge in [0.05, 0.1) is 24.3 Å². The maximum atomic E-state index is 13.4. The molecule has 1 aliphatic heterocycles. The van der Waals surface area contributed by atoms with Crippen molar-refractivity contribution in [1.82, 2.24) is 4.90 Å². The first-order chi connectivity index (χ1) is 17.4. The number of hydrogen-bond acceptors (Lipinski definition) is 5. The molecule has 3 aromatic carbocycles. The lowest BCUT2D eigenvalue weighted by atomic mass is 10.1. The Hall–Kier alpha value is -4.17. The van der Waals surface area contributed by atoms with Crippen LogP contribution in [-0.4, -0.2) is 41.4 Å². The number of nitrogens with one attached hydrogen (secondary N) is 1. The average molecular weight is 506 g/mol. The van der Waals surface area contributed by atoms with Crippen LogP contribution in [0.5, 0.6) is 0 Å². The fourth-order valence-electron chi connectivity index (χ4n) is 3.91. The van der Waals surface area contributed by atoms with Gasteiger partial charge in [0.2, 0.25) is 5.91 Å². The second-order valence-corrected chi connectivity index (χ2v) is 8.55. The van der Waals surface area contributed by atoms with E-state index in [1.54, 1.807) is 85.8 Å². The Morgan fingerprint density at radius 2 is 1.61 bits per heavy atom. The zero-order valence-electron chi connectivity index (χ0n) is 19.5. The smallest absolute Gasteiger partial charge is 0.338 e. The molecule has 0 radical (unpaired) electrons. The first kappa shape index (κ1) is 24.9. The van der Waals surface area contributed by atoms with E-state index in [0.29, 0.717) is 22.0 Å². The second-order valence-electron chi connectivity index (χ2n) is 8.11. The minimum Gasteiger partial charge on any atom is -0.462 e. The molecule has 4 amide bonds. The number of carbonyl (C=O) groups is 4. The SMILES string of the molecule is CCOC(=O)c1ccc(NC(=O)C[C@H]2C(=O)N(c3ccccc3)C(=O)N2Cc2ccc(Cl)cc2)cc1. The van der Waals surface area contributed by atoms with E-state index in [1.807, 2.05) is 0 Å². The zero-order valence-corrected chi connectivity index (χ0v) is 20.3. The van der Waals surface area contributed by atoms with Gasteiger partial charge in [-0.05, 0) is 61.0 Å². The normalized spacial score (nSPS) is 15.2. The Morgan fingerprint density at radius 1 is 0.944 bits per heavy atom. The number of urea groups is 1. The molecular formula is C27H24ClN3O5. The molecule has 0 unspecified atom stereocenters. The maximum Gasteiger partial charge on any atom is 0.338 e. The number of nitrogens with zero attached hydrogens (tertiary/aromatic N) is 2. The van der Waals surface area contributed by atoms with Crippen LogP contribution in [0.2, 0.25) is 5.02 Å². The molecular weight excluding hydrogens is 482 g/mol. The number of esters is 1. The molecule has 1 atom stereocenters. The number of carbonyl (C=O) groups excluding carboxylic acids is 4. The van der Waals surface area contributed by atoms with Crippen molar-refractivity contribution in [2.24, 2.45) is 0 Å². The van der Waals surface area contributed by atoms with Gasteiger partial charge in [-0.3, -0.25) is 9.59 Å². The fraction of sp³-hybridized carbons (Fsp3) is 0.185. The lowest BCUT2D eigenvalue weighted by molar-refractivity contribution is -0.124. The van der Waals surface area contributed by atoms with Gasteiger partial charge in [0.1, 0.15) is 6.04 Å². The van der Waals surface area contributed by atoms with Gasteiger partial charge >= 0.3 is 12.0 Å². The van der Waals surface area contributed by atoms with E-state index in [0.717, 1.165) is 10.5 Å². The van der Waals surface area contributed by atoms with Crippen LogP contribution in [0, 0.1) is 0 Å². The maximum absolute atomic E-state index is 13.4. The number of hydrogen-bond donors (Lipinski definition) is 1. The van der Waals surface area contributed by atoms with Gasteiger partial charge in [-0.2, -0.15) is 0 Å². The lowest BCUT2D eigenvalue weighted by Gasteiger charge is -2.21. The average Bonchev–Trinajstić information content (AvgIpc) is 3.10. The number of para-hydroxylation sites is 1. The minimum absolute atomic E-state index is 0.136. The van der Waals surface area contributed by atoms with Crippen LogP contribution >= 0.6 is 11.6 Å². The van der Waals surface area contributed by atoms with E-state index in [1.165, 1.54) is 4.90 Å². The quantitative estimate of drug-likeness (QED) is 0.347. The Balaban J connectivity index is 1.53. The molecule has 4 rings (SSSR count). The Bertz CT molecular complexity index is 1260. The van der Waals surface area contributed by atoms with Crippen LogP contribution in [-0.2, 0) is 20.9 Å². The summed E-state index contributed by atoms with van der Waals surface area (Å²) in [5.41, 5.74) is 2.02. The molecule has 3 aromatic rings. The van der Waals surface area contributed by atoms with Crippen molar-refractivity contribution >= 4 is 46.8 Å².